The van der Waals surface area contributed by atoms with Crippen molar-refractivity contribution in [3.63, 3.8) is 0 Å². The van der Waals surface area contributed by atoms with Gasteiger partial charge in [-0.3, -0.25) is 4.79 Å². The summed E-state index contributed by atoms with van der Waals surface area (Å²) in [7, 11) is 0. The summed E-state index contributed by atoms with van der Waals surface area (Å²) in [4.78, 5) is 14.6. The summed E-state index contributed by atoms with van der Waals surface area (Å²) >= 11 is 0. The second-order valence-corrected chi connectivity index (χ2v) is 5.85. The number of fused-ring (bicyclic) bond motifs is 1. The molecule has 4 heteroatoms. The Balaban J connectivity index is 2.22. The van der Waals surface area contributed by atoms with Crippen LogP contribution in [-0.2, 0) is 11.3 Å². The zero-order chi connectivity index (χ0) is 14.2. The van der Waals surface area contributed by atoms with Crippen molar-refractivity contribution < 1.29 is 4.79 Å². The highest BCUT2D eigenvalue weighted by atomic mass is 16.2. The van der Waals surface area contributed by atoms with Gasteiger partial charge in [0, 0.05) is 31.0 Å². The van der Waals surface area contributed by atoms with Crippen molar-refractivity contribution in [1.82, 2.24) is 9.47 Å². The Kier molecular flexibility index (Phi) is 3.99. The molecule has 1 aliphatic rings. The molecule has 0 spiro atoms. The summed E-state index contributed by atoms with van der Waals surface area (Å²) < 4.78 is 2.31. The number of aryl methyl sites for hydroxylation is 1. The molecule has 106 valence electrons. The van der Waals surface area contributed by atoms with E-state index in [4.69, 9.17) is 5.73 Å². The highest BCUT2D eigenvalue weighted by Gasteiger charge is 2.33. The second kappa shape index (κ2) is 5.37. The Morgan fingerprint density at radius 1 is 1.42 bits per heavy atom. The largest absolute Gasteiger partial charge is 0.345 e. The molecule has 1 aliphatic heterocycles. The Morgan fingerprint density at radius 3 is 2.68 bits per heavy atom. The van der Waals surface area contributed by atoms with Crippen LogP contribution in [0.25, 0.3) is 0 Å². The number of carbonyl (C=O) groups is 1. The average molecular weight is 263 g/mol. The lowest BCUT2D eigenvalue weighted by molar-refractivity contribution is -0.140. The van der Waals surface area contributed by atoms with E-state index in [0.717, 1.165) is 13.1 Å². The van der Waals surface area contributed by atoms with E-state index in [-0.39, 0.29) is 17.9 Å². The molecule has 19 heavy (non-hydrogen) atoms. The van der Waals surface area contributed by atoms with Gasteiger partial charge in [-0.05, 0) is 31.9 Å². The summed E-state index contributed by atoms with van der Waals surface area (Å²) in [6.45, 7) is 10.5. The predicted octanol–water partition coefficient (Wildman–Crippen LogP) is 1.93. The lowest BCUT2D eigenvalue weighted by Crippen LogP contribution is -2.46. The van der Waals surface area contributed by atoms with Crippen LogP contribution in [0.5, 0.6) is 0 Å². The fourth-order valence-electron chi connectivity index (χ4n) is 2.99. The quantitative estimate of drug-likeness (QED) is 0.906. The van der Waals surface area contributed by atoms with Gasteiger partial charge < -0.3 is 15.2 Å². The van der Waals surface area contributed by atoms with E-state index < -0.39 is 0 Å². The number of hydrogen-bond acceptors (Lipinski definition) is 2. The molecule has 2 heterocycles. The first-order chi connectivity index (χ1) is 8.97. The minimum atomic E-state index is -0.0648. The molecule has 2 atom stereocenters. The molecule has 0 radical (unpaired) electrons. The summed E-state index contributed by atoms with van der Waals surface area (Å²) in [5, 5.41) is 0. The fourth-order valence-corrected chi connectivity index (χ4v) is 2.99. The highest BCUT2D eigenvalue weighted by Crippen LogP contribution is 2.29. The van der Waals surface area contributed by atoms with Crippen LogP contribution >= 0.6 is 0 Å². The van der Waals surface area contributed by atoms with Gasteiger partial charge in [-0.2, -0.15) is 0 Å². The second-order valence-electron chi connectivity index (χ2n) is 5.85. The van der Waals surface area contributed by atoms with Crippen LogP contribution < -0.4 is 5.73 Å². The standard InChI is InChI=1S/C15H25N3O/c1-10(2)13(9-16)15(19)18-8-7-17-11(3)5-6-14(17)12(18)4/h5-6,10,12-13H,7-9,16H2,1-4H3. The monoisotopic (exact) mass is 263 g/mol. The van der Waals surface area contributed by atoms with Gasteiger partial charge in [-0.15, -0.1) is 0 Å². The van der Waals surface area contributed by atoms with E-state index in [9.17, 15) is 4.79 Å². The zero-order valence-electron chi connectivity index (χ0n) is 12.4. The smallest absolute Gasteiger partial charge is 0.227 e. The molecule has 4 nitrogen and oxygen atoms in total. The summed E-state index contributed by atoms with van der Waals surface area (Å²) in [6.07, 6.45) is 0. The van der Waals surface area contributed by atoms with Gasteiger partial charge in [0.25, 0.3) is 0 Å². The first kappa shape index (κ1) is 14.1. The number of rotatable bonds is 3. The number of nitrogens with two attached hydrogens (primary N) is 1. The van der Waals surface area contributed by atoms with Crippen LogP contribution in [0.2, 0.25) is 0 Å². The third kappa shape index (κ3) is 2.41. The topological polar surface area (TPSA) is 51.3 Å². The maximum atomic E-state index is 12.6. The predicted molar refractivity (Wildman–Crippen MR) is 76.7 cm³/mol. The third-order valence-corrected chi connectivity index (χ3v) is 4.35. The Labute approximate surface area is 115 Å². The number of amides is 1. The summed E-state index contributed by atoms with van der Waals surface area (Å²) in [5.41, 5.74) is 8.28. The Hall–Kier alpha value is -1.29. The molecular formula is C15H25N3O. The number of hydrogen-bond donors (Lipinski definition) is 1. The molecule has 0 aromatic carbocycles. The van der Waals surface area contributed by atoms with Crippen LogP contribution in [0.3, 0.4) is 0 Å². The van der Waals surface area contributed by atoms with Gasteiger partial charge in [0.1, 0.15) is 0 Å². The van der Waals surface area contributed by atoms with E-state index in [0.29, 0.717) is 12.5 Å². The minimum Gasteiger partial charge on any atom is -0.345 e. The first-order valence-electron chi connectivity index (χ1n) is 7.14. The van der Waals surface area contributed by atoms with Crippen molar-refractivity contribution in [3.8, 4) is 0 Å². The Bertz CT molecular complexity index is 464. The molecule has 0 saturated heterocycles. The van der Waals surface area contributed by atoms with Gasteiger partial charge >= 0.3 is 0 Å². The van der Waals surface area contributed by atoms with Crippen LogP contribution in [0.15, 0.2) is 12.1 Å². The fraction of sp³-hybridized carbons (Fsp3) is 0.667. The van der Waals surface area contributed by atoms with Crippen molar-refractivity contribution in [2.45, 2.75) is 40.3 Å². The van der Waals surface area contributed by atoms with E-state index >= 15 is 0 Å². The van der Waals surface area contributed by atoms with Crippen molar-refractivity contribution in [2.75, 3.05) is 13.1 Å². The van der Waals surface area contributed by atoms with Crippen LogP contribution in [0, 0.1) is 18.8 Å². The van der Waals surface area contributed by atoms with Crippen molar-refractivity contribution in [2.24, 2.45) is 17.6 Å². The van der Waals surface area contributed by atoms with E-state index in [1.807, 2.05) is 4.90 Å². The van der Waals surface area contributed by atoms with E-state index in [1.54, 1.807) is 0 Å². The van der Waals surface area contributed by atoms with Gasteiger partial charge in [0.05, 0.1) is 12.0 Å². The van der Waals surface area contributed by atoms with Crippen molar-refractivity contribution in [3.05, 3.63) is 23.5 Å². The lowest BCUT2D eigenvalue weighted by Gasteiger charge is -2.38. The zero-order valence-corrected chi connectivity index (χ0v) is 12.4. The van der Waals surface area contributed by atoms with Crippen LogP contribution in [-0.4, -0.2) is 28.5 Å². The lowest BCUT2D eigenvalue weighted by atomic mass is 9.93. The first-order valence-corrected chi connectivity index (χ1v) is 7.14. The highest BCUT2D eigenvalue weighted by molar-refractivity contribution is 5.80. The van der Waals surface area contributed by atoms with Crippen LogP contribution in [0.1, 0.15) is 38.2 Å². The summed E-state index contributed by atoms with van der Waals surface area (Å²) in [5.74, 6) is 0.431. The van der Waals surface area contributed by atoms with Crippen molar-refractivity contribution >= 4 is 5.91 Å². The molecule has 2 N–H and O–H groups in total. The van der Waals surface area contributed by atoms with Gasteiger partial charge in [-0.25, -0.2) is 0 Å². The summed E-state index contributed by atoms with van der Waals surface area (Å²) in [6, 6.07) is 4.40. The van der Waals surface area contributed by atoms with Gasteiger partial charge in [-0.1, -0.05) is 13.8 Å². The van der Waals surface area contributed by atoms with Gasteiger partial charge in [0.2, 0.25) is 5.91 Å². The number of aromatic nitrogens is 1. The van der Waals surface area contributed by atoms with Crippen molar-refractivity contribution in [1.29, 1.82) is 0 Å². The molecule has 2 rings (SSSR count). The molecule has 0 fully saturated rings. The number of nitrogens with zero attached hydrogens (tertiary/aromatic N) is 2. The molecule has 1 aromatic heterocycles. The van der Waals surface area contributed by atoms with Gasteiger partial charge in [0.15, 0.2) is 0 Å². The van der Waals surface area contributed by atoms with E-state index in [1.165, 1.54) is 11.4 Å². The molecule has 1 amide bonds. The molecule has 1 aromatic rings. The molecule has 0 bridgehead atoms. The SMILES string of the molecule is Cc1ccc2n1CCN(C(=O)C(CN)C(C)C)C2C. The van der Waals surface area contributed by atoms with E-state index in [2.05, 4.69) is 44.4 Å². The minimum absolute atomic E-state index is 0.0648. The van der Waals surface area contributed by atoms with Crippen LogP contribution in [0.4, 0.5) is 0 Å². The average Bonchev–Trinajstić information content (AvgIpc) is 2.73. The number of carbonyl (C=O) groups excluding carboxylic acids is 1. The molecule has 0 saturated carbocycles. The molecule has 2 unspecified atom stereocenters. The maximum Gasteiger partial charge on any atom is 0.227 e. The Morgan fingerprint density at radius 2 is 2.11 bits per heavy atom. The maximum absolute atomic E-state index is 12.6. The molecule has 0 aliphatic carbocycles. The third-order valence-electron chi connectivity index (χ3n) is 4.35. The normalized spacial score (nSPS) is 20.5. The molecular weight excluding hydrogens is 238 g/mol.